The zero-order chi connectivity index (χ0) is 14.9. The first-order chi connectivity index (χ1) is 10.3. The van der Waals surface area contributed by atoms with Gasteiger partial charge in [-0.25, -0.2) is 0 Å². The third kappa shape index (κ3) is 5.67. The Morgan fingerprint density at radius 2 is 2.19 bits per heavy atom. The first-order valence-electron chi connectivity index (χ1n) is 7.95. The molecular formula is C16H28N4S. The van der Waals surface area contributed by atoms with Crippen LogP contribution in [0, 0.1) is 0 Å². The van der Waals surface area contributed by atoms with Crippen LogP contribution in [0.25, 0.3) is 0 Å². The van der Waals surface area contributed by atoms with Gasteiger partial charge < -0.3 is 15.1 Å². The summed E-state index contributed by atoms with van der Waals surface area (Å²) in [6.07, 6.45) is 5.26. The fraction of sp³-hybridized carbons (Fsp3) is 0.688. The third-order valence-corrected chi connectivity index (χ3v) is 4.69. The first-order valence-corrected chi connectivity index (χ1v) is 8.89. The lowest BCUT2D eigenvalue weighted by atomic mass is 10.3. The SMILES string of the molecule is CN=C(NCCCCN1CCCC1)N(C)Cc1ccsc1. The minimum absolute atomic E-state index is 0.914. The number of nitrogens with one attached hydrogen (secondary N) is 1. The summed E-state index contributed by atoms with van der Waals surface area (Å²) in [7, 11) is 3.95. The molecule has 2 rings (SSSR count). The Kier molecular flexibility index (Phi) is 7.03. The number of rotatable bonds is 7. The van der Waals surface area contributed by atoms with E-state index in [2.05, 4.69) is 44.0 Å². The molecule has 1 aliphatic heterocycles. The number of thiophene rings is 1. The minimum atomic E-state index is 0.914. The normalized spacial score (nSPS) is 16.4. The van der Waals surface area contributed by atoms with Gasteiger partial charge in [-0.1, -0.05) is 0 Å². The van der Waals surface area contributed by atoms with Gasteiger partial charge in [0.2, 0.25) is 0 Å². The summed E-state index contributed by atoms with van der Waals surface area (Å²) < 4.78 is 0. The standard InChI is InChI=1S/C16H28N4S/c1-17-16(19(2)13-15-7-12-21-14-15)18-8-3-4-9-20-10-5-6-11-20/h7,12,14H,3-6,8-11,13H2,1-2H3,(H,17,18). The van der Waals surface area contributed by atoms with E-state index in [9.17, 15) is 0 Å². The highest BCUT2D eigenvalue weighted by molar-refractivity contribution is 7.07. The van der Waals surface area contributed by atoms with Crippen molar-refractivity contribution in [3.8, 4) is 0 Å². The Bertz CT molecular complexity index is 410. The van der Waals surface area contributed by atoms with Gasteiger partial charge in [0.25, 0.3) is 0 Å². The second kappa shape index (κ2) is 9.05. The highest BCUT2D eigenvalue weighted by atomic mass is 32.1. The Morgan fingerprint density at radius 3 is 2.86 bits per heavy atom. The van der Waals surface area contributed by atoms with Crippen LogP contribution in [0.3, 0.4) is 0 Å². The topological polar surface area (TPSA) is 30.9 Å². The van der Waals surface area contributed by atoms with Crippen molar-refractivity contribution in [3.05, 3.63) is 22.4 Å². The molecule has 0 aromatic carbocycles. The van der Waals surface area contributed by atoms with Crippen molar-refractivity contribution < 1.29 is 0 Å². The summed E-state index contributed by atoms with van der Waals surface area (Å²) in [5, 5.41) is 7.78. The van der Waals surface area contributed by atoms with Gasteiger partial charge in [0.1, 0.15) is 0 Å². The average molecular weight is 308 g/mol. The number of guanidine groups is 1. The molecule has 5 heteroatoms. The summed E-state index contributed by atoms with van der Waals surface area (Å²) in [6, 6.07) is 2.17. The molecule has 1 aromatic heterocycles. The Labute approximate surface area is 132 Å². The predicted octanol–water partition coefficient (Wildman–Crippen LogP) is 2.63. The molecule has 2 heterocycles. The molecule has 21 heavy (non-hydrogen) atoms. The average Bonchev–Trinajstić information content (AvgIpc) is 3.16. The van der Waals surface area contributed by atoms with E-state index in [1.54, 1.807) is 11.3 Å². The van der Waals surface area contributed by atoms with E-state index < -0.39 is 0 Å². The highest BCUT2D eigenvalue weighted by Crippen LogP contribution is 2.09. The quantitative estimate of drug-likeness (QED) is 0.477. The van der Waals surface area contributed by atoms with Crippen molar-refractivity contribution in [3.63, 3.8) is 0 Å². The molecule has 0 unspecified atom stereocenters. The molecule has 4 nitrogen and oxygen atoms in total. The van der Waals surface area contributed by atoms with E-state index in [0.717, 1.165) is 19.0 Å². The summed E-state index contributed by atoms with van der Waals surface area (Å²) in [5.74, 6) is 0.988. The van der Waals surface area contributed by atoms with E-state index >= 15 is 0 Å². The van der Waals surface area contributed by atoms with Crippen LogP contribution in [-0.2, 0) is 6.54 Å². The number of aliphatic imine (C=N–C) groups is 1. The summed E-state index contributed by atoms with van der Waals surface area (Å²) in [6.45, 7) is 5.79. The monoisotopic (exact) mass is 308 g/mol. The van der Waals surface area contributed by atoms with Crippen molar-refractivity contribution in [1.29, 1.82) is 0 Å². The number of unbranched alkanes of at least 4 members (excludes halogenated alkanes) is 1. The van der Waals surface area contributed by atoms with Gasteiger partial charge in [-0.3, -0.25) is 4.99 Å². The zero-order valence-electron chi connectivity index (χ0n) is 13.3. The van der Waals surface area contributed by atoms with Crippen molar-refractivity contribution in [1.82, 2.24) is 15.1 Å². The Morgan fingerprint density at radius 1 is 1.38 bits per heavy atom. The lowest BCUT2D eigenvalue weighted by molar-refractivity contribution is 0.330. The van der Waals surface area contributed by atoms with E-state index in [-0.39, 0.29) is 0 Å². The van der Waals surface area contributed by atoms with Crippen LogP contribution in [0.2, 0.25) is 0 Å². The molecule has 1 aromatic rings. The molecule has 118 valence electrons. The molecule has 1 N–H and O–H groups in total. The summed E-state index contributed by atoms with van der Waals surface area (Å²) in [5.41, 5.74) is 1.35. The van der Waals surface area contributed by atoms with Crippen LogP contribution in [-0.4, -0.2) is 56.0 Å². The molecule has 1 fully saturated rings. The molecular weight excluding hydrogens is 280 g/mol. The third-order valence-electron chi connectivity index (χ3n) is 3.96. The molecule has 0 radical (unpaired) electrons. The predicted molar refractivity (Wildman–Crippen MR) is 92.1 cm³/mol. The van der Waals surface area contributed by atoms with Crippen molar-refractivity contribution in [2.45, 2.75) is 32.2 Å². The maximum Gasteiger partial charge on any atom is 0.193 e. The lowest BCUT2D eigenvalue weighted by Gasteiger charge is -2.22. The summed E-state index contributed by atoms with van der Waals surface area (Å²) in [4.78, 5) is 9.13. The van der Waals surface area contributed by atoms with E-state index in [1.165, 1.54) is 50.9 Å². The maximum absolute atomic E-state index is 4.37. The maximum atomic E-state index is 4.37. The molecule has 0 saturated carbocycles. The fourth-order valence-corrected chi connectivity index (χ4v) is 3.44. The van der Waals surface area contributed by atoms with Crippen molar-refractivity contribution >= 4 is 17.3 Å². The molecule has 1 aliphatic rings. The second-order valence-electron chi connectivity index (χ2n) is 5.72. The van der Waals surface area contributed by atoms with Crippen LogP contribution in [0.5, 0.6) is 0 Å². The molecule has 0 spiro atoms. The van der Waals surface area contributed by atoms with Gasteiger partial charge in [0, 0.05) is 27.2 Å². The molecule has 0 aliphatic carbocycles. The van der Waals surface area contributed by atoms with Crippen molar-refractivity contribution in [2.75, 3.05) is 40.3 Å². The smallest absolute Gasteiger partial charge is 0.193 e. The number of nitrogens with zero attached hydrogens (tertiary/aromatic N) is 3. The number of likely N-dealkylation sites (tertiary alicyclic amines) is 1. The van der Waals surface area contributed by atoms with Crippen LogP contribution in [0.15, 0.2) is 21.8 Å². The molecule has 1 saturated heterocycles. The van der Waals surface area contributed by atoms with Crippen LogP contribution < -0.4 is 5.32 Å². The minimum Gasteiger partial charge on any atom is -0.356 e. The van der Waals surface area contributed by atoms with Gasteiger partial charge >= 0.3 is 0 Å². The number of hydrogen-bond acceptors (Lipinski definition) is 3. The van der Waals surface area contributed by atoms with Crippen molar-refractivity contribution in [2.24, 2.45) is 4.99 Å². The van der Waals surface area contributed by atoms with Gasteiger partial charge in [-0.05, 0) is 67.7 Å². The molecule has 0 atom stereocenters. The largest absolute Gasteiger partial charge is 0.356 e. The highest BCUT2D eigenvalue weighted by Gasteiger charge is 2.10. The first kappa shape index (κ1) is 16.3. The Balaban J connectivity index is 1.60. The van der Waals surface area contributed by atoms with Gasteiger partial charge in [-0.15, -0.1) is 0 Å². The van der Waals surface area contributed by atoms with Crippen LogP contribution >= 0.6 is 11.3 Å². The van der Waals surface area contributed by atoms with Gasteiger partial charge in [0.05, 0.1) is 0 Å². The van der Waals surface area contributed by atoms with E-state index in [0.29, 0.717) is 0 Å². The van der Waals surface area contributed by atoms with E-state index in [1.807, 2.05) is 7.05 Å². The zero-order valence-corrected chi connectivity index (χ0v) is 14.2. The Hall–Kier alpha value is -1.07. The van der Waals surface area contributed by atoms with Crippen LogP contribution in [0.1, 0.15) is 31.2 Å². The van der Waals surface area contributed by atoms with Crippen LogP contribution in [0.4, 0.5) is 0 Å². The number of hydrogen-bond donors (Lipinski definition) is 1. The fourth-order valence-electron chi connectivity index (χ4n) is 2.78. The van der Waals surface area contributed by atoms with E-state index in [4.69, 9.17) is 0 Å². The molecule has 0 amide bonds. The van der Waals surface area contributed by atoms with Gasteiger partial charge in [0.15, 0.2) is 5.96 Å². The summed E-state index contributed by atoms with van der Waals surface area (Å²) >= 11 is 1.75. The second-order valence-corrected chi connectivity index (χ2v) is 6.50. The lowest BCUT2D eigenvalue weighted by Crippen LogP contribution is -2.39. The molecule has 0 bridgehead atoms. The van der Waals surface area contributed by atoms with Gasteiger partial charge in [-0.2, -0.15) is 11.3 Å².